The average Bonchev–Trinajstić information content (AvgIpc) is 3.50. The van der Waals surface area contributed by atoms with Crippen molar-refractivity contribution in [2.45, 2.75) is 44.2 Å². The fraction of sp³-hybridized carbons (Fsp3) is 0.346. The lowest BCUT2D eigenvalue weighted by Crippen LogP contribution is -2.39. The van der Waals surface area contributed by atoms with E-state index in [-0.39, 0.29) is 18.7 Å². The topological polar surface area (TPSA) is 107 Å². The van der Waals surface area contributed by atoms with Gasteiger partial charge in [-0.15, -0.1) is 11.3 Å². The minimum atomic E-state index is -0.416. The third kappa shape index (κ3) is 7.97. The van der Waals surface area contributed by atoms with Crippen LogP contribution in [0.4, 0.5) is 10.8 Å². The van der Waals surface area contributed by atoms with Gasteiger partial charge in [0.05, 0.1) is 10.4 Å². The lowest BCUT2D eigenvalue weighted by molar-refractivity contribution is 0.135. The molecule has 0 spiro atoms. The number of hydrogen-bond acceptors (Lipinski definition) is 9. The summed E-state index contributed by atoms with van der Waals surface area (Å²) in [6.45, 7) is 6.30. The van der Waals surface area contributed by atoms with E-state index in [1.807, 2.05) is 36.4 Å². The summed E-state index contributed by atoms with van der Waals surface area (Å²) in [5.74, 6) is 0.479. The zero-order valence-corrected chi connectivity index (χ0v) is 22.1. The van der Waals surface area contributed by atoms with Crippen LogP contribution in [0.1, 0.15) is 30.7 Å². The van der Waals surface area contributed by atoms with Gasteiger partial charge < -0.3 is 20.2 Å². The molecule has 4 rings (SSSR count). The molecule has 0 bridgehead atoms. The van der Waals surface area contributed by atoms with E-state index in [0.717, 1.165) is 41.2 Å². The van der Waals surface area contributed by atoms with Gasteiger partial charge in [-0.25, -0.2) is 9.10 Å². The Morgan fingerprint density at radius 2 is 2.08 bits per heavy atom. The second-order valence-electron chi connectivity index (χ2n) is 8.92. The minimum absolute atomic E-state index is 0.0758. The van der Waals surface area contributed by atoms with Gasteiger partial charge in [0.1, 0.15) is 12.1 Å². The molecule has 36 heavy (non-hydrogen) atoms. The number of amides is 1. The van der Waals surface area contributed by atoms with Gasteiger partial charge in [0.15, 0.2) is 5.58 Å². The van der Waals surface area contributed by atoms with Crippen molar-refractivity contribution in [3.63, 3.8) is 0 Å². The van der Waals surface area contributed by atoms with Crippen molar-refractivity contribution in [2.75, 3.05) is 18.8 Å². The molecule has 0 aliphatic rings. The number of ether oxygens (including phenoxy) is 1. The van der Waals surface area contributed by atoms with Gasteiger partial charge in [-0.2, -0.15) is 4.98 Å². The van der Waals surface area contributed by atoms with Crippen LogP contribution in [-0.2, 0) is 17.8 Å². The van der Waals surface area contributed by atoms with Crippen molar-refractivity contribution in [1.82, 2.24) is 19.6 Å². The molecule has 1 unspecified atom stereocenters. The molecule has 1 amide bonds. The molecule has 2 heterocycles. The maximum atomic E-state index is 12.6. The largest absolute Gasteiger partial charge is 0.444 e. The molecule has 3 N–H and O–H groups in total. The van der Waals surface area contributed by atoms with Crippen molar-refractivity contribution >= 4 is 46.5 Å². The highest BCUT2D eigenvalue weighted by atomic mass is 32.2. The standard InChI is InChI=1S/C26H31N5O3S2/c1-18(2)15-31(36-21-8-9-23-24(13-21)34-25(27)30-23)11-10-20(12-19-6-4-3-5-7-19)29-26(32)33-16-22-14-28-17-35-22/h3-9,13-14,17-18,20H,10-12,15-16H2,1-2H3,(H2,27,30)(H,29,32). The Morgan fingerprint density at radius 1 is 1.25 bits per heavy atom. The number of anilines is 1. The van der Waals surface area contributed by atoms with Crippen molar-refractivity contribution in [1.29, 1.82) is 0 Å². The highest BCUT2D eigenvalue weighted by Crippen LogP contribution is 2.28. The molecule has 2 aromatic heterocycles. The van der Waals surface area contributed by atoms with Gasteiger partial charge in [-0.3, -0.25) is 4.98 Å². The van der Waals surface area contributed by atoms with Crippen LogP contribution in [0, 0.1) is 5.92 Å². The molecular weight excluding hydrogens is 494 g/mol. The Balaban J connectivity index is 1.40. The number of oxazole rings is 1. The number of hydrogen-bond donors (Lipinski definition) is 2. The summed E-state index contributed by atoms with van der Waals surface area (Å²) < 4.78 is 13.3. The summed E-state index contributed by atoms with van der Waals surface area (Å²) in [7, 11) is 0. The Labute approximate surface area is 219 Å². The maximum Gasteiger partial charge on any atom is 0.407 e. The number of nitrogens with one attached hydrogen (secondary N) is 1. The minimum Gasteiger partial charge on any atom is -0.444 e. The van der Waals surface area contributed by atoms with Crippen LogP contribution in [0.25, 0.3) is 11.1 Å². The number of alkyl carbamates (subject to hydrolysis) is 1. The van der Waals surface area contributed by atoms with E-state index in [0.29, 0.717) is 11.5 Å². The molecule has 8 nitrogen and oxygen atoms in total. The summed E-state index contributed by atoms with van der Waals surface area (Å²) in [5.41, 5.74) is 10.0. The Hall–Kier alpha value is -3.08. The smallest absolute Gasteiger partial charge is 0.407 e. The van der Waals surface area contributed by atoms with E-state index in [2.05, 4.69) is 45.6 Å². The summed E-state index contributed by atoms with van der Waals surface area (Å²) >= 11 is 3.14. The third-order valence-corrected chi connectivity index (χ3v) is 7.19. The molecule has 0 fully saturated rings. The van der Waals surface area contributed by atoms with E-state index in [4.69, 9.17) is 14.9 Å². The normalized spacial score (nSPS) is 12.3. The van der Waals surface area contributed by atoms with E-state index in [1.165, 1.54) is 16.9 Å². The molecule has 10 heteroatoms. The quantitative estimate of drug-likeness (QED) is 0.225. The molecule has 1 atom stereocenters. The molecule has 0 saturated carbocycles. The van der Waals surface area contributed by atoms with Gasteiger partial charge in [0.2, 0.25) is 0 Å². The number of nitrogens with two attached hydrogens (primary N) is 1. The van der Waals surface area contributed by atoms with Crippen LogP contribution in [-0.4, -0.2) is 39.5 Å². The molecule has 0 aliphatic heterocycles. The van der Waals surface area contributed by atoms with E-state index in [9.17, 15) is 4.79 Å². The lowest BCUT2D eigenvalue weighted by atomic mass is 10.0. The number of nitrogens with zero attached hydrogens (tertiary/aromatic N) is 3. The molecular formula is C26H31N5O3S2. The first kappa shape index (κ1) is 26.0. The van der Waals surface area contributed by atoms with Crippen molar-refractivity contribution in [2.24, 2.45) is 5.92 Å². The zero-order chi connectivity index (χ0) is 25.3. The number of fused-ring (bicyclic) bond motifs is 1. The van der Waals surface area contributed by atoms with Crippen molar-refractivity contribution < 1.29 is 13.9 Å². The van der Waals surface area contributed by atoms with E-state index < -0.39 is 6.09 Å². The van der Waals surface area contributed by atoms with Gasteiger partial charge in [0.25, 0.3) is 6.01 Å². The SMILES string of the molecule is CC(C)CN(CCC(Cc1ccccc1)NC(=O)OCc1cncs1)Sc1ccc2nc(N)oc2c1. The molecule has 0 aliphatic carbocycles. The number of carbonyl (C=O) groups excluding carboxylic acids is 1. The van der Waals surface area contributed by atoms with Crippen LogP contribution in [0.15, 0.2) is 69.6 Å². The van der Waals surface area contributed by atoms with Gasteiger partial charge >= 0.3 is 6.09 Å². The van der Waals surface area contributed by atoms with Crippen LogP contribution in [0.5, 0.6) is 0 Å². The monoisotopic (exact) mass is 525 g/mol. The predicted octanol–water partition coefficient (Wildman–Crippen LogP) is 5.76. The number of carbonyl (C=O) groups is 1. The summed E-state index contributed by atoms with van der Waals surface area (Å²) in [5, 5.41) is 3.08. The number of rotatable bonds is 12. The first-order valence-corrected chi connectivity index (χ1v) is 13.5. The predicted molar refractivity (Wildman–Crippen MR) is 145 cm³/mol. The zero-order valence-electron chi connectivity index (χ0n) is 20.4. The lowest BCUT2D eigenvalue weighted by Gasteiger charge is -2.26. The summed E-state index contributed by atoms with van der Waals surface area (Å²) in [4.78, 5) is 22.7. The summed E-state index contributed by atoms with van der Waals surface area (Å²) in [6.07, 6.45) is 2.79. The van der Waals surface area contributed by atoms with Gasteiger partial charge in [-0.05, 0) is 54.5 Å². The number of nitrogen functional groups attached to an aromatic ring is 1. The fourth-order valence-electron chi connectivity index (χ4n) is 3.79. The Kier molecular flexibility index (Phi) is 9.21. The van der Waals surface area contributed by atoms with Gasteiger partial charge in [-0.1, -0.05) is 44.2 Å². The third-order valence-electron chi connectivity index (χ3n) is 5.38. The van der Waals surface area contributed by atoms with E-state index in [1.54, 1.807) is 23.7 Å². The molecule has 4 aromatic rings. The highest BCUT2D eigenvalue weighted by molar-refractivity contribution is 7.97. The maximum absolute atomic E-state index is 12.6. The van der Waals surface area contributed by atoms with Crippen LogP contribution in [0.3, 0.4) is 0 Å². The van der Waals surface area contributed by atoms with Crippen LogP contribution in [0.2, 0.25) is 0 Å². The second kappa shape index (κ2) is 12.8. The Bertz CT molecular complexity index is 1230. The number of benzene rings is 2. The van der Waals surface area contributed by atoms with Crippen LogP contribution >= 0.6 is 23.3 Å². The molecule has 2 aromatic carbocycles. The second-order valence-corrected chi connectivity index (χ2v) is 11.1. The van der Waals surface area contributed by atoms with Crippen molar-refractivity contribution in [3.8, 4) is 0 Å². The molecule has 0 saturated heterocycles. The molecule has 0 radical (unpaired) electrons. The Morgan fingerprint density at radius 3 is 2.83 bits per heavy atom. The number of aromatic nitrogens is 2. The van der Waals surface area contributed by atoms with Gasteiger partial charge in [0, 0.05) is 30.2 Å². The number of thiazole rings is 1. The fourth-order valence-corrected chi connectivity index (χ4v) is 5.45. The van der Waals surface area contributed by atoms with Crippen molar-refractivity contribution in [3.05, 3.63) is 70.7 Å². The first-order valence-electron chi connectivity index (χ1n) is 11.9. The molecule has 190 valence electrons. The first-order chi connectivity index (χ1) is 17.4. The average molecular weight is 526 g/mol. The van der Waals surface area contributed by atoms with E-state index >= 15 is 0 Å². The summed E-state index contributed by atoms with van der Waals surface area (Å²) in [6, 6.07) is 16.2. The van der Waals surface area contributed by atoms with Crippen LogP contribution < -0.4 is 11.1 Å². The highest BCUT2D eigenvalue weighted by Gasteiger charge is 2.18.